The van der Waals surface area contributed by atoms with Crippen molar-refractivity contribution in [1.82, 2.24) is 20.4 Å². The van der Waals surface area contributed by atoms with E-state index in [4.69, 9.17) is 9.47 Å². The average Bonchev–Trinajstić information content (AvgIpc) is 3.23. The molecule has 1 aromatic heterocycles. The summed E-state index contributed by atoms with van der Waals surface area (Å²) in [7, 11) is 0. The van der Waals surface area contributed by atoms with Crippen LogP contribution in [0.25, 0.3) is 5.69 Å². The van der Waals surface area contributed by atoms with Crippen LogP contribution in [0.1, 0.15) is 24.3 Å². The van der Waals surface area contributed by atoms with Crippen LogP contribution in [-0.4, -0.2) is 40.3 Å². The normalized spacial score (nSPS) is 11.5. The second kappa shape index (κ2) is 10.7. The maximum Gasteiger partial charge on any atom is 0.288 e. The topological polar surface area (TPSA) is 94.5 Å². The van der Waals surface area contributed by atoms with Crippen molar-refractivity contribution < 1.29 is 23.5 Å². The van der Waals surface area contributed by atoms with Gasteiger partial charge in [-0.2, -0.15) is 0 Å². The third-order valence-corrected chi connectivity index (χ3v) is 5.00. The summed E-state index contributed by atoms with van der Waals surface area (Å²) in [5, 5.41) is 0.542. The summed E-state index contributed by atoms with van der Waals surface area (Å²) in [5.41, 5.74) is 5.47. The summed E-state index contributed by atoms with van der Waals surface area (Å²) in [4.78, 5) is 29.3. The van der Waals surface area contributed by atoms with Gasteiger partial charge in [-0.1, -0.05) is 11.8 Å². The average molecular weight is 459 g/mol. The van der Waals surface area contributed by atoms with Gasteiger partial charge >= 0.3 is 0 Å². The third-order valence-electron chi connectivity index (χ3n) is 4.35. The van der Waals surface area contributed by atoms with E-state index in [1.807, 2.05) is 13.2 Å². The lowest BCUT2D eigenvalue weighted by atomic mass is 10.3. The van der Waals surface area contributed by atoms with Crippen molar-refractivity contribution in [3.8, 4) is 17.2 Å². The molecule has 0 saturated carbocycles. The fourth-order valence-corrected chi connectivity index (χ4v) is 3.35. The molecule has 2 N–H and O–H groups in total. The molecule has 0 aliphatic carbocycles. The number of halogens is 1. The Morgan fingerprint density at radius 2 is 1.75 bits per heavy atom. The number of thioether (sulfide) groups is 1. The molecule has 32 heavy (non-hydrogen) atoms. The highest BCUT2D eigenvalue weighted by Crippen LogP contribution is 2.22. The monoisotopic (exact) mass is 458 g/mol. The number of nitrogens with zero attached hydrogens (tertiary/aromatic N) is 2. The Labute approximate surface area is 189 Å². The number of hydrogen-bond acceptors (Lipinski definition) is 6. The molecular weight excluding hydrogens is 435 g/mol. The predicted octanol–water partition coefficient (Wildman–Crippen LogP) is 3.36. The summed E-state index contributed by atoms with van der Waals surface area (Å²) < 4.78 is 25.8. The Morgan fingerprint density at radius 1 is 1.09 bits per heavy atom. The van der Waals surface area contributed by atoms with Crippen molar-refractivity contribution in [2.45, 2.75) is 25.1 Å². The molecule has 1 unspecified atom stereocenters. The molecule has 0 aliphatic rings. The quantitative estimate of drug-likeness (QED) is 0.397. The SMILES string of the molecule is CCOc1ccc(OC(C)C(=O)NNC(=O)c2cnc(SC)n2-c2ccc(F)cc2)cc1. The molecule has 3 rings (SSSR count). The lowest BCUT2D eigenvalue weighted by Gasteiger charge is -2.16. The van der Waals surface area contributed by atoms with Crippen LogP contribution in [0.4, 0.5) is 4.39 Å². The molecule has 2 aromatic carbocycles. The Kier molecular flexibility index (Phi) is 7.72. The third kappa shape index (κ3) is 5.58. The molecule has 168 valence electrons. The van der Waals surface area contributed by atoms with E-state index >= 15 is 0 Å². The van der Waals surface area contributed by atoms with Gasteiger partial charge in [0.1, 0.15) is 23.0 Å². The maximum absolute atomic E-state index is 13.3. The molecular formula is C22H23FN4O4S. The number of carbonyl (C=O) groups excluding carboxylic acids is 2. The van der Waals surface area contributed by atoms with Crippen LogP contribution < -0.4 is 20.3 Å². The van der Waals surface area contributed by atoms with Gasteiger partial charge in [-0.15, -0.1) is 0 Å². The van der Waals surface area contributed by atoms with Crippen molar-refractivity contribution in [2.75, 3.05) is 12.9 Å². The number of carbonyl (C=O) groups is 2. The lowest BCUT2D eigenvalue weighted by Crippen LogP contribution is -2.47. The Morgan fingerprint density at radius 3 is 2.38 bits per heavy atom. The Hall–Kier alpha value is -3.53. The number of imidazole rings is 1. The van der Waals surface area contributed by atoms with Gasteiger partial charge in [-0.05, 0) is 68.6 Å². The van der Waals surface area contributed by atoms with Gasteiger partial charge in [0.15, 0.2) is 11.3 Å². The Bertz CT molecular complexity index is 1070. The minimum Gasteiger partial charge on any atom is -0.494 e. The van der Waals surface area contributed by atoms with E-state index in [9.17, 15) is 14.0 Å². The fraction of sp³-hybridized carbons (Fsp3) is 0.227. The van der Waals surface area contributed by atoms with Gasteiger partial charge in [-0.3, -0.25) is 25.0 Å². The smallest absolute Gasteiger partial charge is 0.288 e. The van der Waals surface area contributed by atoms with Crippen molar-refractivity contribution in [3.63, 3.8) is 0 Å². The number of hydrogen-bond donors (Lipinski definition) is 2. The number of ether oxygens (including phenoxy) is 2. The largest absolute Gasteiger partial charge is 0.494 e. The number of aromatic nitrogens is 2. The molecule has 3 aromatic rings. The zero-order chi connectivity index (χ0) is 23.1. The highest BCUT2D eigenvalue weighted by molar-refractivity contribution is 7.98. The van der Waals surface area contributed by atoms with Crippen LogP contribution in [0.5, 0.6) is 11.5 Å². The van der Waals surface area contributed by atoms with Crippen molar-refractivity contribution in [3.05, 3.63) is 66.2 Å². The molecule has 1 heterocycles. The zero-order valence-electron chi connectivity index (χ0n) is 17.8. The highest BCUT2D eigenvalue weighted by Gasteiger charge is 2.20. The van der Waals surface area contributed by atoms with Crippen molar-refractivity contribution >= 4 is 23.6 Å². The van der Waals surface area contributed by atoms with Gasteiger partial charge in [0, 0.05) is 5.69 Å². The van der Waals surface area contributed by atoms with E-state index in [0.29, 0.717) is 28.9 Å². The molecule has 0 fully saturated rings. The van der Waals surface area contributed by atoms with Gasteiger partial charge in [-0.25, -0.2) is 9.37 Å². The van der Waals surface area contributed by atoms with Crippen LogP contribution in [0, 0.1) is 5.82 Å². The Balaban J connectivity index is 1.63. The van der Waals surface area contributed by atoms with E-state index in [1.165, 1.54) is 30.1 Å². The minimum absolute atomic E-state index is 0.182. The van der Waals surface area contributed by atoms with E-state index in [-0.39, 0.29) is 11.5 Å². The fourth-order valence-electron chi connectivity index (χ4n) is 2.80. The van der Waals surface area contributed by atoms with Crippen LogP contribution >= 0.6 is 11.8 Å². The maximum atomic E-state index is 13.3. The summed E-state index contributed by atoms with van der Waals surface area (Å²) in [6.07, 6.45) is 2.33. The molecule has 8 nitrogen and oxygen atoms in total. The molecule has 10 heteroatoms. The van der Waals surface area contributed by atoms with Gasteiger partial charge in [0.25, 0.3) is 11.8 Å². The van der Waals surface area contributed by atoms with Gasteiger partial charge in [0.05, 0.1) is 12.8 Å². The van der Waals surface area contributed by atoms with E-state index in [2.05, 4.69) is 15.8 Å². The van der Waals surface area contributed by atoms with Gasteiger partial charge < -0.3 is 9.47 Å². The first-order valence-electron chi connectivity index (χ1n) is 9.80. The standard InChI is InChI=1S/C22H23FN4O4S/c1-4-30-17-9-11-18(12-10-17)31-14(2)20(28)25-26-21(29)19-13-24-22(32-3)27(19)16-7-5-15(23)6-8-16/h5-14H,4H2,1-3H3,(H,25,28)(H,26,29). The summed E-state index contributed by atoms with van der Waals surface area (Å²) in [6, 6.07) is 12.5. The number of rotatable bonds is 8. The first kappa shape index (κ1) is 23.1. The van der Waals surface area contributed by atoms with Crippen molar-refractivity contribution in [2.24, 2.45) is 0 Å². The molecule has 0 aliphatic heterocycles. The predicted molar refractivity (Wildman–Crippen MR) is 119 cm³/mol. The summed E-state index contributed by atoms with van der Waals surface area (Å²) in [5.74, 6) is -0.318. The first-order chi connectivity index (χ1) is 15.4. The number of hydrazine groups is 1. The number of amides is 2. The molecule has 2 amide bonds. The van der Waals surface area contributed by atoms with Crippen LogP contribution in [0.2, 0.25) is 0 Å². The van der Waals surface area contributed by atoms with E-state index in [1.54, 1.807) is 47.9 Å². The van der Waals surface area contributed by atoms with Crippen LogP contribution in [-0.2, 0) is 4.79 Å². The molecule has 0 spiro atoms. The summed E-state index contributed by atoms with van der Waals surface area (Å²) >= 11 is 1.33. The number of benzene rings is 2. The lowest BCUT2D eigenvalue weighted by molar-refractivity contribution is -0.128. The second-order valence-corrected chi connectivity index (χ2v) is 7.32. The molecule has 0 saturated heterocycles. The first-order valence-corrected chi connectivity index (χ1v) is 11.0. The molecule has 0 radical (unpaired) electrons. The molecule has 0 bridgehead atoms. The van der Waals surface area contributed by atoms with Crippen LogP contribution in [0.3, 0.4) is 0 Å². The molecule has 1 atom stereocenters. The van der Waals surface area contributed by atoms with E-state index in [0.717, 1.165) is 0 Å². The minimum atomic E-state index is -0.864. The van der Waals surface area contributed by atoms with Crippen molar-refractivity contribution in [1.29, 1.82) is 0 Å². The van der Waals surface area contributed by atoms with E-state index < -0.39 is 17.9 Å². The second-order valence-electron chi connectivity index (χ2n) is 6.55. The zero-order valence-corrected chi connectivity index (χ0v) is 18.6. The van der Waals surface area contributed by atoms with Gasteiger partial charge in [0.2, 0.25) is 0 Å². The number of nitrogens with one attached hydrogen (secondary N) is 2. The highest BCUT2D eigenvalue weighted by atomic mass is 32.2. The van der Waals surface area contributed by atoms with Crippen LogP contribution in [0.15, 0.2) is 59.9 Å². The summed E-state index contributed by atoms with van der Waals surface area (Å²) in [6.45, 7) is 4.00.